The van der Waals surface area contributed by atoms with Gasteiger partial charge in [0.2, 0.25) is 5.88 Å². The second kappa shape index (κ2) is 11.9. The van der Waals surface area contributed by atoms with Crippen LogP contribution in [-0.2, 0) is 10.0 Å². The van der Waals surface area contributed by atoms with Gasteiger partial charge in [-0.3, -0.25) is 9.59 Å². The lowest BCUT2D eigenvalue weighted by Crippen LogP contribution is -2.34. The SMILES string of the molecule is CCCOc1cc(-c2ccc(C(=O)NS(=O)(=O)c3ccc[nH]c3=O)c(Oc3c(C)cc(C)cc3C)n2)ccc1Cl. The molecule has 0 aliphatic carbocycles. The van der Waals surface area contributed by atoms with E-state index in [0.29, 0.717) is 34.4 Å². The van der Waals surface area contributed by atoms with E-state index < -0.39 is 26.4 Å². The van der Waals surface area contributed by atoms with Crippen LogP contribution in [0.3, 0.4) is 0 Å². The Kier molecular flexibility index (Phi) is 8.61. The number of H-pyrrole nitrogens is 1. The van der Waals surface area contributed by atoms with Crippen molar-refractivity contribution in [2.45, 2.75) is 39.0 Å². The van der Waals surface area contributed by atoms with E-state index in [1.807, 2.05) is 44.5 Å². The summed E-state index contributed by atoms with van der Waals surface area (Å²) in [5.74, 6) is -0.165. The number of hydrogen-bond acceptors (Lipinski definition) is 7. The van der Waals surface area contributed by atoms with Crippen LogP contribution in [0, 0.1) is 20.8 Å². The first-order valence-electron chi connectivity index (χ1n) is 12.4. The molecule has 208 valence electrons. The van der Waals surface area contributed by atoms with E-state index in [-0.39, 0.29) is 11.4 Å². The van der Waals surface area contributed by atoms with Crippen molar-refractivity contribution in [1.29, 1.82) is 0 Å². The molecule has 2 heterocycles. The van der Waals surface area contributed by atoms with Gasteiger partial charge in [0.25, 0.3) is 21.5 Å². The number of nitrogens with one attached hydrogen (secondary N) is 2. The Hall–Kier alpha value is -4.15. The van der Waals surface area contributed by atoms with Crippen molar-refractivity contribution in [3.05, 3.63) is 98.4 Å². The molecule has 9 nitrogen and oxygen atoms in total. The molecule has 2 aromatic heterocycles. The van der Waals surface area contributed by atoms with Crippen LogP contribution >= 0.6 is 11.6 Å². The van der Waals surface area contributed by atoms with Crippen molar-refractivity contribution in [2.24, 2.45) is 0 Å². The van der Waals surface area contributed by atoms with Crippen molar-refractivity contribution in [3.8, 4) is 28.6 Å². The number of pyridine rings is 2. The molecule has 1 amide bonds. The molecule has 0 aliphatic rings. The first-order chi connectivity index (χ1) is 19.0. The molecule has 2 aromatic carbocycles. The Morgan fingerprint density at radius 3 is 2.45 bits per heavy atom. The minimum atomic E-state index is -4.49. The van der Waals surface area contributed by atoms with Crippen molar-refractivity contribution >= 4 is 27.5 Å². The first-order valence-corrected chi connectivity index (χ1v) is 14.3. The monoisotopic (exact) mass is 581 g/mol. The van der Waals surface area contributed by atoms with Gasteiger partial charge in [0.1, 0.15) is 17.1 Å². The number of rotatable bonds is 9. The Balaban J connectivity index is 1.79. The predicted octanol–water partition coefficient (Wildman–Crippen LogP) is 5.72. The second-order valence-electron chi connectivity index (χ2n) is 9.17. The average molecular weight is 582 g/mol. The fourth-order valence-electron chi connectivity index (χ4n) is 4.11. The third-order valence-corrected chi connectivity index (χ3v) is 7.56. The number of carbonyl (C=O) groups is 1. The number of sulfonamides is 1. The molecular weight excluding hydrogens is 554 g/mol. The molecule has 0 aliphatic heterocycles. The summed E-state index contributed by atoms with van der Waals surface area (Å²) in [6.07, 6.45) is 2.09. The van der Waals surface area contributed by atoms with Gasteiger partial charge < -0.3 is 14.5 Å². The lowest BCUT2D eigenvalue weighted by atomic mass is 10.1. The number of halogens is 1. The predicted molar refractivity (Wildman–Crippen MR) is 153 cm³/mol. The van der Waals surface area contributed by atoms with E-state index in [9.17, 15) is 18.0 Å². The van der Waals surface area contributed by atoms with Gasteiger partial charge in [-0.05, 0) is 74.7 Å². The van der Waals surface area contributed by atoms with Gasteiger partial charge in [-0.25, -0.2) is 18.1 Å². The number of benzene rings is 2. The third kappa shape index (κ3) is 6.35. The Bertz CT molecular complexity index is 1730. The number of aromatic amines is 1. The Labute approximate surface area is 237 Å². The van der Waals surface area contributed by atoms with Gasteiger partial charge in [-0.15, -0.1) is 0 Å². The van der Waals surface area contributed by atoms with E-state index in [4.69, 9.17) is 21.1 Å². The quantitative estimate of drug-likeness (QED) is 0.259. The van der Waals surface area contributed by atoms with Crippen LogP contribution in [0.1, 0.15) is 40.4 Å². The summed E-state index contributed by atoms with van der Waals surface area (Å²) in [6, 6.07) is 14.4. The summed E-state index contributed by atoms with van der Waals surface area (Å²) < 4.78 is 39.6. The molecule has 2 N–H and O–H groups in total. The molecule has 40 heavy (non-hydrogen) atoms. The molecule has 0 fully saturated rings. The summed E-state index contributed by atoms with van der Waals surface area (Å²) in [4.78, 5) is 31.6. The molecule has 0 saturated heterocycles. The molecule has 0 unspecified atom stereocenters. The number of hydrogen-bond donors (Lipinski definition) is 2. The maximum Gasteiger partial charge on any atom is 0.270 e. The van der Waals surface area contributed by atoms with Gasteiger partial charge in [0.15, 0.2) is 4.90 Å². The van der Waals surface area contributed by atoms with Crippen molar-refractivity contribution in [3.63, 3.8) is 0 Å². The molecular formula is C29H28ClN3O6S. The van der Waals surface area contributed by atoms with Crippen LogP contribution in [0.2, 0.25) is 5.02 Å². The molecule has 0 saturated carbocycles. The smallest absolute Gasteiger partial charge is 0.270 e. The zero-order valence-electron chi connectivity index (χ0n) is 22.4. The molecule has 0 bridgehead atoms. The molecule has 0 atom stereocenters. The number of nitrogens with zero attached hydrogens (tertiary/aromatic N) is 1. The highest BCUT2D eigenvalue weighted by molar-refractivity contribution is 7.90. The van der Waals surface area contributed by atoms with E-state index in [1.165, 1.54) is 18.3 Å². The normalized spacial score (nSPS) is 11.2. The lowest BCUT2D eigenvalue weighted by Gasteiger charge is -2.16. The summed E-state index contributed by atoms with van der Waals surface area (Å²) in [5.41, 5.74) is 2.73. The topological polar surface area (TPSA) is 127 Å². The summed E-state index contributed by atoms with van der Waals surface area (Å²) in [5, 5.41) is 0.441. The number of aromatic nitrogens is 2. The highest BCUT2D eigenvalue weighted by Crippen LogP contribution is 2.34. The molecule has 0 spiro atoms. The van der Waals surface area contributed by atoms with Crippen molar-refractivity contribution in [2.75, 3.05) is 6.61 Å². The minimum absolute atomic E-state index is 0.117. The van der Waals surface area contributed by atoms with Crippen molar-refractivity contribution < 1.29 is 22.7 Å². The fourth-order valence-corrected chi connectivity index (χ4v) is 5.31. The summed E-state index contributed by atoms with van der Waals surface area (Å²) >= 11 is 6.29. The maximum atomic E-state index is 13.3. The van der Waals surface area contributed by atoms with Gasteiger partial charge in [0, 0.05) is 11.8 Å². The van der Waals surface area contributed by atoms with E-state index in [2.05, 4.69) is 9.97 Å². The molecule has 0 radical (unpaired) electrons. The standard InChI is InChI=1S/C29H28ClN3O6S/c1-5-13-38-24-16-20(8-10-22(24)30)23-11-9-21(27(34)33-40(36,37)25-7-6-12-31-28(25)35)29(32-23)39-26-18(3)14-17(2)15-19(26)4/h6-12,14-16H,5,13H2,1-4H3,(H,31,35)(H,33,34). The van der Waals surface area contributed by atoms with E-state index >= 15 is 0 Å². The minimum Gasteiger partial charge on any atom is -0.492 e. The average Bonchev–Trinajstić information content (AvgIpc) is 2.90. The van der Waals surface area contributed by atoms with Gasteiger partial charge >= 0.3 is 0 Å². The number of carbonyl (C=O) groups excluding carboxylic acids is 1. The number of amides is 1. The highest BCUT2D eigenvalue weighted by Gasteiger charge is 2.25. The second-order valence-corrected chi connectivity index (χ2v) is 11.2. The van der Waals surface area contributed by atoms with Crippen LogP contribution < -0.4 is 19.8 Å². The van der Waals surface area contributed by atoms with Crippen LogP contribution in [0.4, 0.5) is 0 Å². The number of aryl methyl sites for hydroxylation is 3. The van der Waals surface area contributed by atoms with Crippen LogP contribution in [0.15, 0.2) is 70.5 Å². The summed E-state index contributed by atoms with van der Waals surface area (Å²) in [6.45, 7) is 8.14. The number of ether oxygens (including phenoxy) is 2. The Morgan fingerprint density at radius 2 is 1.77 bits per heavy atom. The fraction of sp³-hybridized carbons (Fsp3) is 0.207. The van der Waals surface area contributed by atoms with Gasteiger partial charge in [0.05, 0.1) is 17.3 Å². The van der Waals surface area contributed by atoms with Crippen LogP contribution in [0.5, 0.6) is 17.4 Å². The van der Waals surface area contributed by atoms with Crippen LogP contribution in [0.25, 0.3) is 11.3 Å². The first kappa shape index (κ1) is 28.8. The van der Waals surface area contributed by atoms with Crippen LogP contribution in [-0.4, -0.2) is 30.9 Å². The summed E-state index contributed by atoms with van der Waals surface area (Å²) in [7, 11) is -4.49. The van der Waals surface area contributed by atoms with Gasteiger partial charge in [-0.2, -0.15) is 0 Å². The Morgan fingerprint density at radius 1 is 1.05 bits per heavy atom. The lowest BCUT2D eigenvalue weighted by molar-refractivity contribution is 0.0978. The van der Waals surface area contributed by atoms with E-state index in [0.717, 1.165) is 29.2 Å². The zero-order chi connectivity index (χ0) is 29.0. The highest BCUT2D eigenvalue weighted by atomic mass is 35.5. The van der Waals surface area contributed by atoms with Crippen molar-refractivity contribution in [1.82, 2.24) is 14.7 Å². The molecule has 11 heteroatoms. The third-order valence-electron chi connectivity index (χ3n) is 5.90. The molecule has 4 aromatic rings. The molecule has 4 rings (SSSR count). The largest absolute Gasteiger partial charge is 0.492 e. The zero-order valence-corrected chi connectivity index (χ0v) is 23.9. The van der Waals surface area contributed by atoms with E-state index in [1.54, 1.807) is 24.3 Å². The van der Waals surface area contributed by atoms with Gasteiger partial charge in [-0.1, -0.05) is 42.3 Å². The maximum absolute atomic E-state index is 13.3.